The SMILES string of the molecule is COc1ccccc1-c1cn(CCCCN2C(=O)c3ccccc3C2=O)cn1. The highest BCUT2D eigenvalue weighted by molar-refractivity contribution is 6.21. The topological polar surface area (TPSA) is 64.4 Å². The van der Waals surface area contributed by atoms with E-state index in [2.05, 4.69) is 4.98 Å². The number of nitrogens with zero attached hydrogens (tertiary/aromatic N) is 3. The first kappa shape index (κ1) is 18.0. The van der Waals surface area contributed by atoms with E-state index >= 15 is 0 Å². The van der Waals surface area contributed by atoms with Gasteiger partial charge < -0.3 is 9.30 Å². The standard InChI is InChI=1S/C22H21N3O3/c1-28-20-11-5-4-10-18(20)19-14-24(15-23-19)12-6-7-13-25-21(26)16-8-2-3-9-17(16)22(25)27/h2-5,8-11,14-15H,6-7,12-13H2,1H3. The molecule has 0 saturated carbocycles. The lowest BCUT2D eigenvalue weighted by Gasteiger charge is -2.13. The number of aryl methyl sites for hydroxylation is 1. The third-order valence-corrected chi connectivity index (χ3v) is 4.94. The molecule has 0 radical (unpaired) electrons. The minimum absolute atomic E-state index is 0.193. The smallest absolute Gasteiger partial charge is 0.261 e. The van der Waals surface area contributed by atoms with Gasteiger partial charge in [-0.25, -0.2) is 4.98 Å². The Hall–Kier alpha value is -3.41. The Morgan fingerprint density at radius 2 is 1.46 bits per heavy atom. The molecule has 0 spiro atoms. The first-order valence-electron chi connectivity index (χ1n) is 9.29. The molecule has 0 unspecified atom stereocenters. The molecule has 142 valence electrons. The van der Waals surface area contributed by atoms with Crippen molar-refractivity contribution in [2.24, 2.45) is 0 Å². The van der Waals surface area contributed by atoms with Crippen LogP contribution in [0.4, 0.5) is 0 Å². The van der Waals surface area contributed by atoms with Gasteiger partial charge in [-0.15, -0.1) is 0 Å². The normalized spacial score (nSPS) is 13.1. The van der Waals surface area contributed by atoms with E-state index in [1.165, 1.54) is 4.90 Å². The van der Waals surface area contributed by atoms with Crippen molar-refractivity contribution < 1.29 is 14.3 Å². The summed E-state index contributed by atoms with van der Waals surface area (Å²) in [4.78, 5) is 30.6. The highest BCUT2D eigenvalue weighted by atomic mass is 16.5. The second-order valence-corrected chi connectivity index (χ2v) is 6.71. The second kappa shape index (κ2) is 7.68. The maximum atomic E-state index is 12.4. The molecule has 3 aromatic rings. The predicted molar refractivity (Wildman–Crippen MR) is 105 cm³/mol. The number of para-hydroxylation sites is 1. The summed E-state index contributed by atoms with van der Waals surface area (Å²) in [5, 5.41) is 0. The van der Waals surface area contributed by atoms with Gasteiger partial charge in [0.15, 0.2) is 0 Å². The average molecular weight is 375 g/mol. The first-order valence-corrected chi connectivity index (χ1v) is 9.29. The number of rotatable bonds is 7. The van der Waals surface area contributed by atoms with Crippen LogP contribution in [0, 0.1) is 0 Å². The van der Waals surface area contributed by atoms with E-state index < -0.39 is 0 Å². The minimum Gasteiger partial charge on any atom is -0.496 e. The minimum atomic E-state index is -0.193. The molecular weight excluding hydrogens is 354 g/mol. The first-order chi connectivity index (χ1) is 13.7. The van der Waals surface area contributed by atoms with Crippen LogP contribution in [-0.2, 0) is 6.54 Å². The van der Waals surface area contributed by atoms with Gasteiger partial charge >= 0.3 is 0 Å². The molecule has 6 heteroatoms. The molecule has 1 aromatic heterocycles. The Morgan fingerprint density at radius 3 is 2.14 bits per heavy atom. The van der Waals surface area contributed by atoms with E-state index in [4.69, 9.17) is 4.74 Å². The van der Waals surface area contributed by atoms with Gasteiger partial charge in [-0.3, -0.25) is 14.5 Å². The van der Waals surface area contributed by atoms with E-state index in [9.17, 15) is 9.59 Å². The maximum Gasteiger partial charge on any atom is 0.261 e. The molecule has 2 aromatic carbocycles. The number of methoxy groups -OCH3 is 1. The highest BCUT2D eigenvalue weighted by Crippen LogP contribution is 2.28. The van der Waals surface area contributed by atoms with Crippen molar-refractivity contribution in [1.82, 2.24) is 14.5 Å². The number of benzene rings is 2. The molecule has 0 aliphatic carbocycles. The van der Waals surface area contributed by atoms with Gasteiger partial charge in [0, 0.05) is 24.8 Å². The lowest BCUT2D eigenvalue weighted by molar-refractivity contribution is 0.0651. The van der Waals surface area contributed by atoms with Crippen LogP contribution < -0.4 is 4.74 Å². The molecule has 0 bridgehead atoms. The van der Waals surface area contributed by atoms with Crippen molar-refractivity contribution in [1.29, 1.82) is 0 Å². The van der Waals surface area contributed by atoms with E-state index in [1.807, 2.05) is 35.0 Å². The molecule has 0 saturated heterocycles. The molecule has 28 heavy (non-hydrogen) atoms. The van der Waals surface area contributed by atoms with Crippen molar-refractivity contribution in [3.63, 3.8) is 0 Å². The monoisotopic (exact) mass is 375 g/mol. The Bertz CT molecular complexity index is 990. The number of imide groups is 1. The molecule has 1 aliphatic heterocycles. The largest absolute Gasteiger partial charge is 0.496 e. The van der Waals surface area contributed by atoms with Crippen molar-refractivity contribution >= 4 is 11.8 Å². The van der Waals surface area contributed by atoms with Crippen LogP contribution in [0.2, 0.25) is 0 Å². The van der Waals surface area contributed by atoms with Gasteiger partial charge in [-0.1, -0.05) is 24.3 Å². The number of aromatic nitrogens is 2. The number of amides is 2. The number of hydrogen-bond donors (Lipinski definition) is 0. The van der Waals surface area contributed by atoms with E-state index in [1.54, 1.807) is 37.7 Å². The van der Waals surface area contributed by atoms with Crippen LogP contribution in [0.25, 0.3) is 11.3 Å². The van der Waals surface area contributed by atoms with Gasteiger partial charge in [0.2, 0.25) is 0 Å². The zero-order valence-electron chi connectivity index (χ0n) is 15.7. The number of fused-ring (bicyclic) bond motifs is 1. The van der Waals surface area contributed by atoms with Crippen molar-refractivity contribution in [3.05, 3.63) is 72.2 Å². The van der Waals surface area contributed by atoms with Gasteiger partial charge in [0.1, 0.15) is 5.75 Å². The zero-order valence-corrected chi connectivity index (χ0v) is 15.7. The highest BCUT2D eigenvalue weighted by Gasteiger charge is 2.34. The number of unbranched alkanes of at least 4 members (excludes halogenated alkanes) is 1. The quantitative estimate of drug-likeness (QED) is 0.467. The van der Waals surface area contributed by atoms with Gasteiger partial charge in [0.05, 0.1) is 30.3 Å². The van der Waals surface area contributed by atoms with Crippen LogP contribution >= 0.6 is 0 Å². The summed E-state index contributed by atoms with van der Waals surface area (Å²) in [5.41, 5.74) is 2.82. The molecule has 6 nitrogen and oxygen atoms in total. The lowest BCUT2D eigenvalue weighted by Crippen LogP contribution is -2.30. The number of carbonyl (C=O) groups is 2. The van der Waals surface area contributed by atoms with Crippen LogP contribution in [0.5, 0.6) is 5.75 Å². The van der Waals surface area contributed by atoms with Gasteiger partial charge in [-0.05, 0) is 37.1 Å². The summed E-state index contributed by atoms with van der Waals surface area (Å²) in [6.07, 6.45) is 5.37. The third-order valence-electron chi connectivity index (χ3n) is 4.94. The lowest BCUT2D eigenvalue weighted by atomic mass is 10.1. The summed E-state index contributed by atoms with van der Waals surface area (Å²) >= 11 is 0. The summed E-state index contributed by atoms with van der Waals surface area (Å²) in [7, 11) is 1.65. The number of carbonyl (C=O) groups excluding carboxylic acids is 2. The van der Waals surface area contributed by atoms with Crippen molar-refractivity contribution in [2.45, 2.75) is 19.4 Å². The van der Waals surface area contributed by atoms with Crippen LogP contribution in [0.1, 0.15) is 33.6 Å². The van der Waals surface area contributed by atoms with Gasteiger partial charge in [0.25, 0.3) is 11.8 Å². The molecule has 1 aliphatic rings. The number of ether oxygens (including phenoxy) is 1. The van der Waals surface area contributed by atoms with E-state index in [0.717, 1.165) is 36.4 Å². The molecule has 0 atom stereocenters. The second-order valence-electron chi connectivity index (χ2n) is 6.71. The van der Waals surface area contributed by atoms with Crippen LogP contribution in [-0.4, -0.2) is 39.9 Å². The number of imidazole rings is 1. The molecule has 0 N–H and O–H groups in total. The molecule has 2 heterocycles. The maximum absolute atomic E-state index is 12.4. The fourth-order valence-corrected chi connectivity index (χ4v) is 3.48. The van der Waals surface area contributed by atoms with Crippen molar-refractivity contribution in [3.8, 4) is 17.0 Å². The Kier molecular flexibility index (Phi) is 4.93. The zero-order chi connectivity index (χ0) is 19.5. The average Bonchev–Trinajstić information content (AvgIpc) is 3.30. The summed E-state index contributed by atoms with van der Waals surface area (Å²) in [6.45, 7) is 1.20. The predicted octanol–water partition coefficient (Wildman–Crippen LogP) is 3.64. The Balaban J connectivity index is 1.33. The summed E-state index contributed by atoms with van der Waals surface area (Å²) in [6, 6.07) is 14.8. The van der Waals surface area contributed by atoms with Gasteiger partial charge in [-0.2, -0.15) is 0 Å². The van der Waals surface area contributed by atoms with Crippen LogP contribution in [0.3, 0.4) is 0 Å². The van der Waals surface area contributed by atoms with Crippen molar-refractivity contribution in [2.75, 3.05) is 13.7 Å². The van der Waals surface area contributed by atoms with E-state index in [0.29, 0.717) is 17.7 Å². The summed E-state index contributed by atoms with van der Waals surface area (Å²) in [5.74, 6) is 0.404. The fourth-order valence-electron chi connectivity index (χ4n) is 3.48. The molecule has 4 rings (SSSR count). The molecular formula is C22H21N3O3. The van der Waals surface area contributed by atoms with E-state index in [-0.39, 0.29) is 11.8 Å². The molecule has 2 amide bonds. The van der Waals surface area contributed by atoms with Crippen LogP contribution in [0.15, 0.2) is 61.1 Å². The summed E-state index contributed by atoms with van der Waals surface area (Å²) < 4.78 is 7.41. The number of hydrogen-bond acceptors (Lipinski definition) is 4. The Morgan fingerprint density at radius 1 is 0.857 bits per heavy atom. The third kappa shape index (κ3) is 3.29. The Labute approximate surface area is 163 Å². The fraction of sp³-hybridized carbons (Fsp3) is 0.227. The molecule has 0 fully saturated rings.